The molecular formula is C20H22N2O7. The summed E-state index contributed by atoms with van der Waals surface area (Å²) in [5, 5.41) is 11.2. The average molecular weight is 402 g/mol. The second-order valence-corrected chi connectivity index (χ2v) is 6.32. The van der Waals surface area contributed by atoms with E-state index in [9.17, 15) is 14.9 Å². The molecule has 2 aromatic rings. The molecule has 1 heterocycles. The van der Waals surface area contributed by atoms with Crippen LogP contribution in [0.25, 0.3) is 0 Å². The molecule has 2 aromatic carbocycles. The first-order valence-electron chi connectivity index (χ1n) is 9.02. The van der Waals surface area contributed by atoms with Gasteiger partial charge in [0.1, 0.15) is 6.61 Å². The van der Waals surface area contributed by atoms with Crippen LogP contribution in [-0.4, -0.2) is 51.4 Å². The fraction of sp³-hybridized carbons (Fsp3) is 0.350. The van der Waals surface area contributed by atoms with Gasteiger partial charge in [-0.15, -0.1) is 0 Å². The van der Waals surface area contributed by atoms with Crippen LogP contribution < -0.4 is 14.4 Å². The fourth-order valence-electron chi connectivity index (χ4n) is 3.08. The number of esters is 1. The number of nitro benzene ring substituents is 1. The Morgan fingerprint density at radius 1 is 1.10 bits per heavy atom. The van der Waals surface area contributed by atoms with Crippen LogP contribution in [-0.2, 0) is 16.1 Å². The first kappa shape index (κ1) is 20.4. The number of anilines is 1. The normalized spacial score (nSPS) is 13.7. The molecule has 1 fully saturated rings. The lowest BCUT2D eigenvalue weighted by Gasteiger charge is -2.30. The summed E-state index contributed by atoms with van der Waals surface area (Å²) in [6.45, 7) is 2.22. The number of benzene rings is 2. The van der Waals surface area contributed by atoms with Gasteiger partial charge in [-0.25, -0.2) is 4.79 Å². The number of morpholine rings is 1. The largest absolute Gasteiger partial charge is 0.493 e. The first-order chi connectivity index (χ1) is 14.0. The second kappa shape index (κ2) is 9.24. The third kappa shape index (κ3) is 4.75. The van der Waals surface area contributed by atoms with E-state index in [0.717, 1.165) is 0 Å². The van der Waals surface area contributed by atoms with Gasteiger partial charge in [0.05, 0.1) is 43.6 Å². The number of methoxy groups -OCH3 is 2. The van der Waals surface area contributed by atoms with Crippen molar-refractivity contribution in [1.82, 2.24) is 0 Å². The first-order valence-corrected chi connectivity index (χ1v) is 9.02. The SMILES string of the molecule is COc1ccc(COC(=O)c2cc([N+](=O)[O-])ccc2N2CCOCC2)cc1OC. The van der Waals surface area contributed by atoms with Gasteiger partial charge in [0, 0.05) is 25.2 Å². The van der Waals surface area contributed by atoms with Crippen molar-refractivity contribution in [3.63, 3.8) is 0 Å². The minimum atomic E-state index is -0.634. The number of hydrogen-bond acceptors (Lipinski definition) is 8. The fourth-order valence-corrected chi connectivity index (χ4v) is 3.08. The van der Waals surface area contributed by atoms with E-state index in [4.69, 9.17) is 18.9 Å². The van der Waals surface area contributed by atoms with Crippen LogP contribution in [0, 0.1) is 10.1 Å². The van der Waals surface area contributed by atoms with E-state index in [1.807, 2.05) is 4.90 Å². The molecule has 0 spiro atoms. The Balaban J connectivity index is 1.81. The molecule has 0 bridgehead atoms. The summed E-state index contributed by atoms with van der Waals surface area (Å²) in [5.41, 5.74) is 1.28. The topological polar surface area (TPSA) is 100 Å². The minimum absolute atomic E-state index is 0.00949. The van der Waals surface area contributed by atoms with Crippen molar-refractivity contribution in [3.8, 4) is 11.5 Å². The van der Waals surface area contributed by atoms with Gasteiger partial charge in [-0.1, -0.05) is 6.07 Å². The number of nitro groups is 1. The van der Waals surface area contributed by atoms with Gasteiger partial charge in [-0.3, -0.25) is 10.1 Å². The van der Waals surface area contributed by atoms with E-state index in [2.05, 4.69) is 0 Å². The van der Waals surface area contributed by atoms with Crippen molar-refractivity contribution in [2.75, 3.05) is 45.4 Å². The van der Waals surface area contributed by atoms with Gasteiger partial charge in [0.25, 0.3) is 5.69 Å². The summed E-state index contributed by atoms with van der Waals surface area (Å²) in [6, 6.07) is 9.40. The highest BCUT2D eigenvalue weighted by molar-refractivity contribution is 5.96. The van der Waals surface area contributed by atoms with E-state index >= 15 is 0 Å². The van der Waals surface area contributed by atoms with E-state index < -0.39 is 10.9 Å². The van der Waals surface area contributed by atoms with Crippen LogP contribution in [0.3, 0.4) is 0 Å². The molecule has 1 saturated heterocycles. The molecular weight excluding hydrogens is 380 g/mol. The maximum atomic E-state index is 12.8. The van der Waals surface area contributed by atoms with Gasteiger partial charge in [0.15, 0.2) is 11.5 Å². The number of hydrogen-bond donors (Lipinski definition) is 0. The van der Waals surface area contributed by atoms with E-state index in [0.29, 0.717) is 49.1 Å². The van der Waals surface area contributed by atoms with Crippen molar-refractivity contribution >= 4 is 17.3 Å². The third-order valence-corrected chi connectivity index (χ3v) is 4.58. The number of ether oxygens (including phenoxy) is 4. The van der Waals surface area contributed by atoms with Crippen LogP contribution in [0.15, 0.2) is 36.4 Å². The zero-order valence-electron chi connectivity index (χ0n) is 16.3. The molecule has 0 unspecified atom stereocenters. The van der Waals surface area contributed by atoms with Crippen molar-refractivity contribution in [2.24, 2.45) is 0 Å². The van der Waals surface area contributed by atoms with Crippen LogP contribution in [0.2, 0.25) is 0 Å². The van der Waals surface area contributed by atoms with Crippen molar-refractivity contribution < 1.29 is 28.7 Å². The van der Waals surface area contributed by atoms with Crippen LogP contribution in [0.1, 0.15) is 15.9 Å². The molecule has 0 atom stereocenters. The lowest BCUT2D eigenvalue weighted by atomic mass is 10.1. The van der Waals surface area contributed by atoms with Crippen LogP contribution in [0.4, 0.5) is 11.4 Å². The van der Waals surface area contributed by atoms with Gasteiger partial charge < -0.3 is 23.8 Å². The molecule has 0 saturated carbocycles. The lowest BCUT2D eigenvalue weighted by Crippen LogP contribution is -2.37. The Kier molecular flexibility index (Phi) is 6.50. The summed E-state index contributed by atoms with van der Waals surface area (Å²) >= 11 is 0. The number of carbonyl (C=O) groups excluding carboxylic acids is 1. The van der Waals surface area contributed by atoms with Crippen molar-refractivity contribution in [2.45, 2.75) is 6.61 Å². The van der Waals surface area contributed by atoms with Crippen molar-refractivity contribution in [3.05, 3.63) is 57.6 Å². The van der Waals surface area contributed by atoms with Gasteiger partial charge in [-0.2, -0.15) is 0 Å². The summed E-state index contributed by atoms with van der Waals surface area (Å²) in [7, 11) is 3.05. The predicted octanol–water partition coefficient (Wildman–Crippen LogP) is 2.81. The average Bonchev–Trinajstić information content (AvgIpc) is 2.77. The Morgan fingerprint density at radius 3 is 2.48 bits per heavy atom. The van der Waals surface area contributed by atoms with E-state index in [1.54, 1.807) is 24.3 Å². The Bertz CT molecular complexity index is 894. The molecule has 0 radical (unpaired) electrons. The smallest absolute Gasteiger partial charge is 0.340 e. The number of non-ortho nitro benzene ring substituents is 1. The number of carbonyl (C=O) groups is 1. The minimum Gasteiger partial charge on any atom is -0.493 e. The number of nitrogens with zero attached hydrogens (tertiary/aromatic N) is 2. The van der Waals surface area contributed by atoms with Crippen LogP contribution in [0.5, 0.6) is 11.5 Å². The molecule has 3 rings (SSSR count). The summed E-state index contributed by atoms with van der Waals surface area (Å²) in [4.78, 5) is 25.4. The van der Waals surface area contributed by atoms with E-state index in [1.165, 1.54) is 26.4 Å². The van der Waals surface area contributed by atoms with Crippen LogP contribution >= 0.6 is 0 Å². The zero-order valence-corrected chi connectivity index (χ0v) is 16.3. The molecule has 1 aliphatic rings. The third-order valence-electron chi connectivity index (χ3n) is 4.58. The summed E-state index contributed by atoms with van der Waals surface area (Å²) in [5.74, 6) is 0.450. The standard InChI is InChI=1S/C20H22N2O7/c1-26-18-6-3-14(11-19(18)27-2)13-29-20(23)16-12-15(22(24)25)4-5-17(16)21-7-9-28-10-8-21/h3-6,11-12H,7-10,13H2,1-2H3. The molecule has 0 aliphatic carbocycles. The predicted molar refractivity (Wildman–Crippen MR) is 105 cm³/mol. The highest BCUT2D eigenvalue weighted by Gasteiger charge is 2.23. The molecule has 0 N–H and O–H groups in total. The molecule has 154 valence electrons. The van der Waals surface area contributed by atoms with E-state index in [-0.39, 0.29) is 17.9 Å². The molecule has 9 heteroatoms. The highest BCUT2D eigenvalue weighted by atomic mass is 16.6. The molecule has 0 amide bonds. The lowest BCUT2D eigenvalue weighted by molar-refractivity contribution is -0.384. The van der Waals surface area contributed by atoms with Gasteiger partial charge in [0.2, 0.25) is 0 Å². The highest BCUT2D eigenvalue weighted by Crippen LogP contribution is 2.29. The van der Waals surface area contributed by atoms with Gasteiger partial charge in [-0.05, 0) is 23.8 Å². The Hall–Kier alpha value is -3.33. The summed E-state index contributed by atoms with van der Waals surface area (Å²) < 4.78 is 21.2. The Labute approximate surface area is 167 Å². The van der Waals surface area contributed by atoms with Crippen molar-refractivity contribution in [1.29, 1.82) is 0 Å². The molecule has 9 nitrogen and oxygen atoms in total. The maximum Gasteiger partial charge on any atom is 0.340 e. The van der Waals surface area contributed by atoms with Gasteiger partial charge >= 0.3 is 5.97 Å². The zero-order chi connectivity index (χ0) is 20.8. The monoisotopic (exact) mass is 402 g/mol. The molecule has 0 aromatic heterocycles. The Morgan fingerprint density at radius 2 is 1.83 bits per heavy atom. The molecule has 1 aliphatic heterocycles. The second-order valence-electron chi connectivity index (χ2n) is 6.32. The summed E-state index contributed by atoms with van der Waals surface area (Å²) in [6.07, 6.45) is 0. The molecule has 29 heavy (non-hydrogen) atoms. The number of rotatable bonds is 7. The quantitative estimate of drug-likeness (QED) is 0.396. The maximum absolute atomic E-state index is 12.8.